The Balaban J connectivity index is 2.22. The lowest BCUT2D eigenvalue weighted by Crippen LogP contribution is -1.76. The number of hydrogen-bond donors (Lipinski definition) is 0. The van der Waals surface area contributed by atoms with Gasteiger partial charge in [0.1, 0.15) is 0 Å². The van der Waals surface area contributed by atoms with Crippen LogP contribution in [0.4, 0.5) is 0 Å². The van der Waals surface area contributed by atoms with Crippen LogP contribution >= 0.6 is 0 Å². The van der Waals surface area contributed by atoms with Gasteiger partial charge in [0, 0.05) is 0 Å². The lowest BCUT2D eigenvalue weighted by Gasteiger charge is -1.94. The molecule has 0 unspecified atom stereocenters. The molecule has 0 aromatic heterocycles. The van der Waals surface area contributed by atoms with E-state index in [9.17, 15) is 0 Å². The van der Waals surface area contributed by atoms with Crippen LogP contribution in [0.15, 0.2) is 24.3 Å². The molecule has 61 valence electrons. The van der Waals surface area contributed by atoms with Gasteiger partial charge in [-0.1, -0.05) is 24.3 Å². The normalized spacial score (nSPS) is 26.9. The second-order valence-electron chi connectivity index (χ2n) is 2.98. The summed E-state index contributed by atoms with van der Waals surface area (Å²) in [5.41, 5.74) is 0. The monoisotopic (exact) mass is 149 g/mol. The maximum Gasteiger partial charge on any atom is -0.0169 e. The molecule has 0 bridgehead atoms. The standard InChI is InChI=1S/C11H17/c1-2-4-6-8-10-11-9-7-5-3-1/h1-2,5,7-8H,3-4,6,9-11H2/b2-1-,7-5-. The maximum atomic E-state index is 2.41. The van der Waals surface area contributed by atoms with E-state index >= 15 is 0 Å². The van der Waals surface area contributed by atoms with Crippen molar-refractivity contribution in [3.05, 3.63) is 30.7 Å². The van der Waals surface area contributed by atoms with Crippen molar-refractivity contribution in [2.24, 2.45) is 0 Å². The van der Waals surface area contributed by atoms with Gasteiger partial charge in [-0.25, -0.2) is 0 Å². The zero-order valence-corrected chi connectivity index (χ0v) is 7.13. The Bertz CT molecular complexity index is 115. The summed E-state index contributed by atoms with van der Waals surface area (Å²) in [6.07, 6.45) is 19.0. The van der Waals surface area contributed by atoms with Crippen LogP contribution < -0.4 is 0 Å². The van der Waals surface area contributed by atoms with Crippen LogP contribution in [0.2, 0.25) is 0 Å². The third kappa shape index (κ3) is 4.83. The van der Waals surface area contributed by atoms with Gasteiger partial charge in [0.2, 0.25) is 0 Å². The van der Waals surface area contributed by atoms with Crippen LogP contribution in [0.25, 0.3) is 0 Å². The summed E-state index contributed by atoms with van der Waals surface area (Å²) in [6, 6.07) is 0. The quantitative estimate of drug-likeness (QED) is 0.461. The smallest absolute Gasteiger partial charge is 0.0169 e. The fraction of sp³-hybridized carbons (Fsp3) is 0.545. The zero-order valence-electron chi connectivity index (χ0n) is 7.13. The summed E-state index contributed by atoms with van der Waals surface area (Å²) < 4.78 is 0. The summed E-state index contributed by atoms with van der Waals surface area (Å²) in [7, 11) is 0. The molecule has 0 amide bonds. The van der Waals surface area contributed by atoms with E-state index in [0.29, 0.717) is 0 Å². The Morgan fingerprint density at radius 2 is 1.45 bits per heavy atom. The van der Waals surface area contributed by atoms with Gasteiger partial charge < -0.3 is 0 Å². The predicted octanol–water partition coefficient (Wildman–Crippen LogP) is 3.66. The van der Waals surface area contributed by atoms with Gasteiger partial charge in [0.25, 0.3) is 0 Å². The molecule has 0 fully saturated rings. The van der Waals surface area contributed by atoms with Gasteiger partial charge in [0.15, 0.2) is 0 Å². The Kier molecular flexibility index (Phi) is 4.84. The topological polar surface area (TPSA) is 0 Å². The van der Waals surface area contributed by atoms with E-state index in [1.54, 1.807) is 0 Å². The van der Waals surface area contributed by atoms with E-state index in [1.165, 1.54) is 32.1 Å². The van der Waals surface area contributed by atoms with Crippen molar-refractivity contribution in [2.45, 2.75) is 38.5 Å². The molecule has 0 atom stereocenters. The molecule has 0 N–H and O–H groups in total. The van der Waals surface area contributed by atoms with Gasteiger partial charge in [0.05, 0.1) is 0 Å². The first-order chi connectivity index (χ1) is 5.50. The highest BCUT2D eigenvalue weighted by molar-refractivity contribution is 4.94. The Labute approximate surface area is 70.0 Å². The Morgan fingerprint density at radius 3 is 2.36 bits per heavy atom. The average molecular weight is 149 g/mol. The number of rotatable bonds is 0. The highest BCUT2D eigenvalue weighted by Gasteiger charge is 1.88. The van der Waals surface area contributed by atoms with Crippen LogP contribution in [0, 0.1) is 6.42 Å². The highest BCUT2D eigenvalue weighted by atomic mass is 13.9. The number of allylic oxidation sites excluding steroid dienone is 4. The molecule has 0 saturated heterocycles. The summed E-state index contributed by atoms with van der Waals surface area (Å²) in [5.74, 6) is 0. The van der Waals surface area contributed by atoms with E-state index < -0.39 is 0 Å². The van der Waals surface area contributed by atoms with Gasteiger partial charge >= 0.3 is 0 Å². The first kappa shape index (κ1) is 8.58. The molecule has 0 spiro atoms. The summed E-state index contributed by atoms with van der Waals surface area (Å²) in [5, 5.41) is 0. The second-order valence-corrected chi connectivity index (χ2v) is 2.98. The lowest BCUT2D eigenvalue weighted by molar-refractivity contribution is 0.780. The Hall–Kier alpha value is -0.520. The van der Waals surface area contributed by atoms with Gasteiger partial charge in [-0.3, -0.25) is 0 Å². The van der Waals surface area contributed by atoms with Crippen molar-refractivity contribution in [3.63, 3.8) is 0 Å². The lowest BCUT2D eigenvalue weighted by atomic mass is 10.1. The SMILES string of the molecule is [CH]1CC/C=C\C/C=C\CCC1. The minimum Gasteiger partial charge on any atom is -0.0882 e. The van der Waals surface area contributed by atoms with E-state index in [1.807, 2.05) is 0 Å². The van der Waals surface area contributed by atoms with Crippen molar-refractivity contribution >= 4 is 0 Å². The summed E-state index contributed by atoms with van der Waals surface area (Å²) >= 11 is 0. The molecule has 0 aromatic carbocycles. The molecule has 1 rings (SSSR count). The van der Waals surface area contributed by atoms with Gasteiger partial charge in [-0.2, -0.15) is 0 Å². The summed E-state index contributed by atoms with van der Waals surface area (Å²) in [6.45, 7) is 0. The molecule has 0 saturated carbocycles. The van der Waals surface area contributed by atoms with Crippen LogP contribution in [0.1, 0.15) is 38.5 Å². The third-order valence-corrected chi connectivity index (χ3v) is 1.92. The van der Waals surface area contributed by atoms with Crippen LogP contribution in [-0.2, 0) is 0 Å². The van der Waals surface area contributed by atoms with Crippen molar-refractivity contribution < 1.29 is 0 Å². The fourth-order valence-electron chi connectivity index (χ4n) is 1.25. The first-order valence-corrected chi connectivity index (χ1v) is 4.62. The minimum atomic E-state index is 1.12. The second kappa shape index (κ2) is 6.21. The molecule has 1 radical (unpaired) electrons. The average Bonchev–Trinajstić information content (AvgIpc) is 2.08. The van der Waals surface area contributed by atoms with Gasteiger partial charge in [-0.15, -0.1) is 0 Å². The first-order valence-electron chi connectivity index (χ1n) is 4.62. The van der Waals surface area contributed by atoms with E-state index in [0.717, 1.165) is 6.42 Å². The molecule has 0 aliphatic heterocycles. The van der Waals surface area contributed by atoms with Crippen molar-refractivity contribution in [2.75, 3.05) is 0 Å². The van der Waals surface area contributed by atoms with Gasteiger partial charge in [-0.05, 0) is 44.9 Å². The predicted molar refractivity (Wildman–Crippen MR) is 50.3 cm³/mol. The number of hydrogen-bond acceptors (Lipinski definition) is 0. The van der Waals surface area contributed by atoms with E-state index in [-0.39, 0.29) is 0 Å². The van der Waals surface area contributed by atoms with Crippen molar-refractivity contribution in [3.8, 4) is 0 Å². The van der Waals surface area contributed by atoms with Crippen molar-refractivity contribution in [1.29, 1.82) is 0 Å². The van der Waals surface area contributed by atoms with Crippen molar-refractivity contribution in [1.82, 2.24) is 0 Å². The highest BCUT2D eigenvalue weighted by Crippen LogP contribution is 2.07. The molecule has 1 aliphatic carbocycles. The largest absolute Gasteiger partial charge is 0.0882 e. The Morgan fingerprint density at radius 1 is 0.636 bits per heavy atom. The molecule has 0 heteroatoms. The van der Waals surface area contributed by atoms with Crippen LogP contribution in [-0.4, -0.2) is 0 Å². The molecule has 0 heterocycles. The summed E-state index contributed by atoms with van der Waals surface area (Å²) in [4.78, 5) is 0. The molecule has 1 aliphatic rings. The molecule has 0 nitrogen and oxygen atoms in total. The van der Waals surface area contributed by atoms with E-state index in [4.69, 9.17) is 0 Å². The zero-order chi connectivity index (χ0) is 7.78. The maximum absolute atomic E-state index is 2.41. The molecular formula is C11H17. The van der Waals surface area contributed by atoms with Crippen LogP contribution in [0.3, 0.4) is 0 Å². The molecule has 11 heavy (non-hydrogen) atoms. The van der Waals surface area contributed by atoms with Crippen LogP contribution in [0.5, 0.6) is 0 Å². The molecular weight excluding hydrogens is 132 g/mol. The molecule has 0 aromatic rings. The fourth-order valence-corrected chi connectivity index (χ4v) is 1.25. The third-order valence-electron chi connectivity index (χ3n) is 1.92. The van der Waals surface area contributed by atoms with E-state index in [2.05, 4.69) is 30.7 Å². The minimum absolute atomic E-state index is 1.12.